The minimum Gasteiger partial charge on any atom is -0.364 e. The van der Waals surface area contributed by atoms with Gasteiger partial charge >= 0.3 is 18.0 Å². The van der Waals surface area contributed by atoms with Gasteiger partial charge in [-0.25, -0.2) is 4.98 Å². The topological polar surface area (TPSA) is 135 Å². The molecule has 2 aromatic rings. The zero-order chi connectivity index (χ0) is 32.2. The van der Waals surface area contributed by atoms with Crippen molar-refractivity contribution in [2.75, 3.05) is 5.32 Å². The van der Waals surface area contributed by atoms with Crippen molar-refractivity contribution in [1.82, 2.24) is 15.8 Å². The average Bonchev–Trinajstić information content (AvgIpc) is 2.96. The van der Waals surface area contributed by atoms with E-state index in [2.05, 4.69) is 10.3 Å². The number of amides is 2. The lowest BCUT2D eigenvalue weighted by Crippen LogP contribution is -2.61. The molecule has 2 amide bonds. The fraction of sp³-hybridized carbons (Fsp3) is 0.464. The van der Waals surface area contributed by atoms with E-state index in [4.69, 9.17) is 4.74 Å². The molecule has 3 N–H and O–H groups in total. The number of nitro groups is 1. The zero-order valence-electron chi connectivity index (χ0n) is 23.2. The summed E-state index contributed by atoms with van der Waals surface area (Å²) in [6.45, 7) is -0.631. The van der Waals surface area contributed by atoms with E-state index >= 15 is 0 Å². The van der Waals surface area contributed by atoms with Gasteiger partial charge in [-0.1, -0.05) is 61.7 Å². The van der Waals surface area contributed by atoms with E-state index in [1.807, 2.05) is 0 Å². The van der Waals surface area contributed by atoms with Crippen molar-refractivity contribution in [3.05, 3.63) is 75.5 Å². The standard InChI is InChI=1S/C28H29F6N5O5/c29-27(30,31)19-16-20(39(42)43)21-23(40)37-38-24(41)26(28(32,33)34,44-17-18-10-4-1-5-11-18)15-9-3-8-14-25(36-22(19)35-21)12-6-2-7-13-25/h1,3-5,8,10-11,16H,2,6-7,9,12-15,17H2,(H,35,36)(H,37,40)(H,38,41)/t26-/m1/s1. The second-order valence-electron chi connectivity index (χ2n) is 10.7. The fourth-order valence-electron chi connectivity index (χ4n) is 5.35. The molecular weight excluding hydrogens is 600 g/mol. The number of carbonyl (C=O) groups is 2. The van der Waals surface area contributed by atoms with Gasteiger partial charge in [-0.15, -0.1) is 0 Å². The Bertz CT molecular complexity index is 1410. The molecule has 1 saturated carbocycles. The summed E-state index contributed by atoms with van der Waals surface area (Å²) in [5.74, 6) is -4.29. The van der Waals surface area contributed by atoms with Crippen molar-refractivity contribution in [2.45, 2.75) is 81.5 Å². The van der Waals surface area contributed by atoms with Crippen LogP contribution in [0.15, 0.2) is 48.6 Å². The van der Waals surface area contributed by atoms with E-state index < -0.39 is 76.0 Å². The van der Waals surface area contributed by atoms with Gasteiger partial charge in [0.1, 0.15) is 11.4 Å². The highest BCUT2D eigenvalue weighted by Crippen LogP contribution is 2.42. The maximum atomic E-state index is 14.6. The summed E-state index contributed by atoms with van der Waals surface area (Å²) in [6, 6.07) is 7.87. The van der Waals surface area contributed by atoms with Gasteiger partial charge in [0, 0.05) is 11.6 Å². The number of nitrogens with one attached hydrogen (secondary N) is 3. The number of ether oxygens (including phenoxy) is 1. The number of aromatic nitrogens is 1. The van der Waals surface area contributed by atoms with Gasteiger partial charge in [-0.2, -0.15) is 26.3 Å². The largest absolute Gasteiger partial charge is 0.426 e. The highest BCUT2D eigenvalue weighted by atomic mass is 19.4. The first-order valence-corrected chi connectivity index (χ1v) is 13.7. The first kappa shape index (κ1) is 32.7. The van der Waals surface area contributed by atoms with Crippen LogP contribution in [0, 0.1) is 10.1 Å². The predicted octanol–water partition coefficient (Wildman–Crippen LogP) is 6.14. The maximum Gasteiger partial charge on any atom is 0.426 e. The third kappa shape index (κ3) is 7.11. The highest BCUT2D eigenvalue weighted by molar-refractivity contribution is 5.98. The van der Waals surface area contributed by atoms with E-state index in [1.165, 1.54) is 24.3 Å². The van der Waals surface area contributed by atoms with E-state index in [0.717, 1.165) is 6.42 Å². The van der Waals surface area contributed by atoms with Gasteiger partial charge in [-0.05, 0) is 37.7 Å². The number of alkyl halides is 6. The van der Waals surface area contributed by atoms with Gasteiger partial charge in [0.05, 0.1) is 11.5 Å². The number of carbonyl (C=O) groups excluding carboxylic acids is 2. The molecule has 2 aliphatic rings. The van der Waals surface area contributed by atoms with Crippen molar-refractivity contribution < 1.29 is 45.6 Å². The SMILES string of the molecule is O=C1NNC(=O)[C@@](OCc2ccccc2)(C(F)(F)F)CCC=CCC2(CCCCC2)Nc2nc1c([N+](=O)[O-])cc2C(F)(F)F. The summed E-state index contributed by atoms with van der Waals surface area (Å²) >= 11 is 0. The number of pyridine rings is 1. The molecule has 1 aliphatic heterocycles. The second kappa shape index (κ2) is 12.8. The minimum atomic E-state index is -5.30. The summed E-state index contributed by atoms with van der Waals surface area (Å²) in [6.07, 6.45) is -5.92. The number of fused-ring (bicyclic) bond motifs is 2. The lowest BCUT2D eigenvalue weighted by Gasteiger charge is -2.38. The Labute approximate surface area is 247 Å². The van der Waals surface area contributed by atoms with Gasteiger partial charge in [0.2, 0.25) is 11.3 Å². The molecule has 0 unspecified atom stereocenters. The summed E-state index contributed by atoms with van der Waals surface area (Å²) in [5.41, 5.74) is -4.95. The van der Waals surface area contributed by atoms with Crippen molar-refractivity contribution >= 4 is 23.3 Å². The summed E-state index contributed by atoms with van der Waals surface area (Å²) in [7, 11) is 0. The van der Waals surface area contributed by atoms with E-state index in [9.17, 15) is 46.0 Å². The van der Waals surface area contributed by atoms with Crippen molar-refractivity contribution in [2.24, 2.45) is 0 Å². The predicted molar refractivity (Wildman–Crippen MR) is 144 cm³/mol. The van der Waals surface area contributed by atoms with Crippen LogP contribution in [-0.2, 0) is 22.3 Å². The molecule has 16 heteroatoms. The molecule has 0 radical (unpaired) electrons. The number of rotatable bonds is 4. The number of benzene rings is 1. The molecule has 1 fully saturated rings. The van der Waals surface area contributed by atoms with Crippen LogP contribution in [0.5, 0.6) is 0 Å². The van der Waals surface area contributed by atoms with Gasteiger partial charge in [-0.3, -0.25) is 30.6 Å². The molecule has 44 heavy (non-hydrogen) atoms. The fourth-order valence-corrected chi connectivity index (χ4v) is 5.35. The lowest BCUT2D eigenvalue weighted by molar-refractivity contribution is -0.385. The number of halogens is 6. The Balaban J connectivity index is 1.81. The van der Waals surface area contributed by atoms with Crippen molar-refractivity contribution in [3.63, 3.8) is 0 Å². The van der Waals surface area contributed by atoms with Crippen LogP contribution in [0.3, 0.4) is 0 Å². The van der Waals surface area contributed by atoms with Crippen LogP contribution in [-0.4, -0.2) is 39.0 Å². The monoisotopic (exact) mass is 629 g/mol. The third-order valence-corrected chi connectivity index (χ3v) is 7.69. The van der Waals surface area contributed by atoms with Crippen LogP contribution < -0.4 is 16.2 Å². The zero-order valence-corrected chi connectivity index (χ0v) is 23.2. The maximum absolute atomic E-state index is 14.6. The highest BCUT2D eigenvalue weighted by Gasteiger charge is 2.61. The van der Waals surface area contributed by atoms with Crippen LogP contribution in [0.4, 0.5) is 37.8 Å². The van der Waals surface area contributed by atoms with Crippen LogP contribution >= 0.6 is 0 Å². The number of anilines is 1. The van der Waals surface area contributed by atoms with E-state index in [-0.39, 0.29) is 18.9 Å². The molecule has 2 bridgehead atoms. The quantitative estimate of drug-likeness (QED) is 0.160. The van der Waals surface area contributed by atoms with E-state index in [0.29, 0.717) is 31.2 Å². The molecule has 0 saturated heterocycles. The third-order valence-electron chi connectivity index (χ3n) is 7.69. The molecule has 1 spiro atoms. The van der Waals surface area contributed by atoms with Crippen LogP contribution in [0.25, 0.3) is 0 Å². The Morgan fingerprint density at radius 3 is 2.25 bits per heavy atom. The lowest BCUT2D eigenvalue weighted by atomic mass is 9.79. The Hall–Kier alpha value is -4.21. The Kier molecular flexibility index (Phi) is 9.51. The minimum absolute atomic E-state index is 0.0700. The number of nitrogens with zero attached hydrogens (tertiary/aromatic N) is 2. The van der Waals surface area contributed by atoms with Gasteiger partial charge in [0.15, 0.2) is 0 Å². The van der Waals surface area contributed by atoms with Crippen LogP contribution in [0.2, 0.25) is 0 Å². The summed E-state index contributed by atoms with van der Waals surface area (Å²) in [5, 5.41) is 14.5. The van der Waals surface area contributed by atoms with Crippen molar-refractivity contribution in [1.29, 1.82) is 0 Å². The summed E-state index contributed by atoms with van der Waals surface area (Å²) in [4.78, 5) is 40.3. The molecule has 1 aliphatic carbocycles. The molecular formula is C28H29F6N5O5. The second-order valence-corrected chi connectivity index (χ2v) is 10.7. The smallest absolute Gasteiger partial charge is 0.364 e. The van der Waals surface area contributed by atoms with Crippen LogP contribution in [0.1, 0.15) is 73.0 Å². The molecule has 1 atom stereocenters. The first-order chi connectivity index (χ1) is 20.7. The number of hydrogen-bond acceptors (Lipinski definition) is 7. The molecule has 10 nitrogen and oxygen atoms in total. The van der Waals surface area contributed by atoms with Gasteiger partial charge < -0.3 is 10.1 Å². The number of hydrazine groups is 1. The molecule has 4 rings (SSSR count). The molecule has 1 aromatic carbocycles. The molecule has 1 aromatic heterocycles. The number of hydrogen-bond donors (Lipinski definition) is 3. The first-order valence-electron chi connectivity index (χ1n) is 13.7. The molecule has 238 valence electrons. The molecule has 2 heterocycles. The van der Waals surface area contributed by atoms with Gasteiger partial charge in [0.25, 0.3) is 11.8 Å². The van der Waals surface area contributed by atoms with E-state index in [1.54, 1.807) is 29.1 Å². The Morgan fingerprint density at radius 1 is 0.955 bits per heavy atom. The normalized spacial score (nSPS) is 21.4. The Morgan fingerprint density at radius 2 is 1.64 bits per heavy atom. The number of allylic oxidation sites excluding steroid dienone is 1. The summed E-state index contributed by atoms with van der Waals surface area (Å²) < 4.78 is 91.3. The average molecular weight is 630 g/mol. The van der Waals surface area contributed by atoms with Crippen molar-refractivity contribution in [3.8, 4) is 0 Å².